The fourth-order valence-corrected chi connectivity index (χ4v) is 5.61. The van der Waals surface area contributed by atoms with Gasteiger partial charge in [-0.1, -0.05) is 24.3 Å². The quantitative estimate of drug-likeness (QED) is 0.626. The van der Waals surface area contributed by atoms with E-state index in [1.165, 1.54) is 28.1 Å². The Morgan fingerprint density at radius 3 is 2.59 bits per heavy atom. The average Bonchev–Trinajstić information content (AvgIpc) is 3.33. The molecule has 2 aromatic rings. The van der Waals surface area contributed by atoms with Crippen molar-refractivity contribution in [1.29, 1.82) is 0 Å². The Kier molecular flexibility index (Phi) is 4.61. The molecule has 0 radical (unpaired) electrons. The second-order valence-electron chi connectivity index (χ2n) is 6.98. The van der Waals surface area contributed by atoms with Crippen LogP contribution in [-0.2, 0) is 16.4 Å². The summed E-state index contributed by atoms with van der Waals surface area (Å²) in [6, 6.07) is 12.1. The Bertz CT molecular complexity index is 984. The van der Waals surface area contributed by atoms with Gasteiger partial charge in [0.05, 0.1) is 16.7 Å². The summed E-state index contributed by atoms with van der Waals surface area (Å²) in [5, 5.41) is 14.5. The van der Waals surface area contributed by atoms with Crippen LogP contribution in [0.4, 0.5) is 11.4 Å². The molecule has 1 saturated heterocycles. The third kappa shape index (κ3) is 3.30. The summed E-state index contributed by atoms with van der Waals surface area (Å²) in [6.45, 7) is 0.910. The van der Waals surface area contributed by atoms with Crippen molar-refractivity contribution >= 4 is 21.4 Å². The smallest absolute Gasteiger partial charge is 0.270 e. The van der Waals surface area contributed by atoms with E-state index in [0.29, 0.717) is 18.8 Å². The van der Waals surface area contributed by atoms with Crippen molar-refractivity contribution in [3.05, 3.63) is 63.7 Å². The standard InChI is InChI=1S/C19H21N3O4S/c23-22(24)15-8-10-18(19(13-15)27(25,26)21-11-3-4-12-21)20-17-9-7-14-5-1-2-6-16(14)17/h1-2,5-6,8,10,13,17,20H,3-4,7,9,11-12H2. The van der Waals surface area contributed by atoms with Crippen molar-refractivity contribution in [3.63, 3.8) is 0 Å². The molecule has 1 aliphatic carbocycles. The van der Waals surface area contributed by atoms with Crippen LogP contribution < -0.4 is 5.32 Å². The number of sulfonamides is 1. The van der Waals surface area contributed by atoms with Crippen LogP contribution in [0.3, 0.4) is 0 Å². The van der Waals surface area contributed by atoms with E-state index in [1.807, 2.05) is 18.2 Å². The molecule has 4 rings (SSSR count). The number of fused-ring (bicyclic) bond motifs is 1. The minimum absolute atomic E-state index is 0.00446. The van der Waals surface area contributed by atoms with E-state index in [4.69, 9.17) is 0 Å². The van der Waals surface area contributed by atoms with Gasteiger partial charge < -0.3 is 5.32 Å². The SMILES string of the molecule is O=[N+]([O-])c1ccc(NC2CCc3ccccc32)c(S(=O)(=O)N2CCCC2)c1. The molecule has 0 spiro atoms. The highest BCUT2D eigenvalue weighted by molar-refractivity contribution is 7.89. The first-order valence-electron chi connectivity index (χ1n) is 9.10. The van der Waals surface area contributed by atoms with Gasteiger partial charge in [0.25, 0.3) is 5.69 Å². The minimum Gasteiger partial charge on any atom is -0.377 e. The first kappa shape index (κ1) is 17.9. The number of benzene rings is 2. The van der Waals surface area contributed by atoms with Gasteiger partial charge in [0.15, 0.2) is 0 Å². The average molecular weight is 387 g/mol. The Balaban J connectivity index is 1.73. The molecule has 0 bridgehead atoms. The van der Waals surface area contributed by atoms with Gasteiger partial charge in [0.2, 0.25) is 10.0 Å². The summed E-state index contributed by atoms with van der Waals surface area (Å²) in [5.41, 5.74) is 2.61. The summed E-state index contributed by atoms with van der Waals surface area (Å²) in [7, 11) is -3.78. The van der Waals surface area contributed by atoms with E-state index in [0.717, 1.165) is 31.2 Å². The molecule has 0 aromatic heterocycles. The number of nitro groups is 1. The predicted molar refractivity (Wildman–Crippen MR) is 102 cm³/mol. The largest absolute Gasteiger partial charge is 0.377 e. The molecule has 1 unspecified atom stereocenters. The number of aryl methyl sites for hydroxylation is 1. The number of nitro benzene ring substituents is 1. The molecule has 8 heteroatoms. The molecule has 1 aliphatic heterocycles. The number of hydrogen-bond donors (Lipinski definition) is 1. The van der Waals surface area contributed by atoms with E-state index >= 15 is 0 Å². The van der Waals surface area contributed by atoms with Crippen LogP contribution in [0.15, 0.2) is 47.4 Å². The molecular formula is C19H21N3O4S. The number of non-ortho nitro benzene ring substituents is 1. The van der Waals surface area contributed by atoms with Crippen molar-refractivity contribution in [2.45, 2.75) is 36.6 Å². The van der Waals surface area contributed by atoms with Gasteiger partial charge >= 0.3 is 0 Å². The number of hydrogen-bond acceptors (Lipinski definition) is 5. The highest BCUT2D eigenvalue weighted by Gasteiger charge is 2.32. The second kappa shape index (κ2) is 6.94. The van der Waals surface area contributed by atoms with Crippen LogP contribution in [0.1, 0.15) is 36.4 Å². The zero-order valence-electron chi connectivity index (χ0n) is 14.8. The number of nitrogens with one attached hydrogen (secondary N) is 1. The normalized spacial score (nSPS) is 19.8. The Morgan fingerprint density at radius 1 is 1.11 bits per heavy atom. The molecule has 1 fully saturated rings. The van der Waals surface area contributed by atoms with E-state index in [1.54, 1.807) is 0 Å². The molecule has 2 aliphatic rings. The number of nitrogens with zero attached hydrogens (tertiary/aromatic N) is 2. The van der Waals surface area contributed by atoms with Crippen molar-refractivity contribution in [2.24, 2.45) is 0 Å². The Morgan fingerprint density at radius 2 is 1.85 bits per heavy atom. The fourth-order valence-electron chi connectivity index (χ4n) is 3.92. The highest BCUT2D eigenvalue weighted by atomic mass is 32.2. The summed E-state index contributed by atoms with van der Waals surface area (Å²) in [4.78, 5) is 10.6. The van der Waals surface area contributed by atoms with E-state index in [2.05, 4.69) is 11.4 Å². The number of anilines is 1. The zero-order valence-corrected chi connectivity index (χ0v) is 15.6. The Hall–Kier alpha value is -2.45. The molecule has 1 heterocycles. The van der Waals surface area contributed by atoms with Gasteiger partial charge in [0, 0.05) is 25.2 Å². The molecular weight excluding hydrogens is 366 g/mol. The van der Waals surface area contributed by atoms with Crippen LogP contribution in [0.2, 0.25) is 0 Å². The summed E-state index contributed by atoms with van der Waals surface area (Å²) in [6.07, 6.45) is 3.41. The van der Waals surface area contributed by atoms with Crippen molar-refractivity contribution < 1.29 is 13.3 Å². The molecule has 7 nitrogen and oxygen atoms in total. The van der Waals surface area contributed by atoms with E-state index in [-0.39, 0.29) is 16.6 Å². The lowest BCUT2D eigenvalue weighted by Gasteiger charge is -2.21. The first-order chi connectivity index (χ1) is 13.0. The van der Waals surface area contributed by atoms with Crippen LogP contribution in [0.5, 0.6) is 0 Å². The molecule has 27 heavy (non-hydrogen) atoms. The van der Waals surface area contributed by atoms with Gasteiger partial charge in [-0.05, 0) is 42.9 Å². The molecule has 2 aromatic carbocycles. The molecule has 1 atom stereocenters. The van der Waals surface area contributed by atoms with E-state index in [9.17, 15) is 18.5 Å². The lowest BCUT2D eigenvalue weighted by Crippen LogP contribution is -2.28. The first-order valence-corrected chi connectivity index (χ1v) is 10.5. The van der Waals surface area contributed by atoms with Gasteiger partial charge in [-0.25, -0.2) is 8.42 Å². The molecule has 0 amide bonds. The molecule has 142 valence electrons. The van der Waals surface area contributed by atoms with E-state index < -0.39 is 14.9 Å². The number of rotatable bonds is 5. The monoisotopic (exact) mass is 387 g/mol. The van der Waals surface area contributed by atoms with Gasteiger partial charge in [-0.2, -0.15) is 4.31 Å². The second-order valence-corrected chi connectivity index (χ2v) is 8.89. The summed E-state index contributed by atoms with van der Waals surface area (Å²) < 4.78 is 27.6. The zero-order chi connectivity index (χ0) is 19.0. The maximum absolute atomic E-state index is 13.1. The van der Waals surface area contributed by atoms with Crippen LogP contribution in [0, 0.1) is 10.1 Å². The Labute approximate surface area is 158 Å². The fraction of sp³-hybridized carbons (Fsp3) is 0.368. The summed E-state index contributed by atoms with van der Waals surface area (Å²) >= 11 is 0. The maximum atomic E-state index is 13.1. The van der Waals surface area contributed by atoms with Gasteiger partial charge in [0.1, 0.15) is 4.90 Å². The van der Waals surface area contributed by atoms with Crippen molar-refractivity contribution in [1.82, 2.24) is 4.31 Å². The van der Waals surface area contributed by atoms with Crippen molar-refractivity contribution in [3.8, 4) is 0 Å². The minimum atomic E-state index is -3.78. The van der Waals surface area contributed by atoms with Crippen LogP contribution >= 0.6 is 0 Å². The predicted octanol–water partition coefficient (Wildman–Crippen LogP) is 3.48. The van der Waals surface area contributed by atoms with Gasteiger partial charge in [-0.15, -0.1) is 0 Å². The third-order valence-corrected chi connectivity index (χ3v) is 7.26. The molecule has 0 saturated carbocycles. The van der Waals surface area contributed by atoms with Crippen LogP contribution in [0.25, 0.3) is 0 Å². The lowest BCUT2D eigenvalue weighted by atomic mass is 10.1. The summed E-state index contributed by atoms with van der Waals surface area (Å²) in [5.74, 6) is 0. The molecule has 1 N–H and O–H groups in total. The lowest BCUT2D eigenvalue weighted by molar-refractivity contribution is -0.385. The van der Waals surface area contributed by atoms with Crippen LogP contribution in [-0.4, -0.2) is 30.7 Å². The van der Waals surface area contributed by atoms with Crippen molar-refractivity contribution in [2.75, 3.05) is 18.4 Å². The topological polar surface area (TPSA) is 92.5 Å². The highest BCUT2D eigenvalue weighted by Crippen LogP contribution is 2.37. The van der Waals surface area contributed by atoms with Gasteiger partial charge in [-0.3, -0.25) is 10.1 Å². The third-order valence-electron chi connectivity index (χ3n) is 5.32. The maximum Gasteiger partial charge on any atom is 0.270 e.